The minimum absolute atomic E-state index is 0.194. The van der Waals surface area contributed by atoms with Crippen LogP contribution in [-0.4, -0.2) is 25.2 Å². The molecule has 1 aliphatic heterocycles. The van der Waals surface area contributed by atoms with Gasteiger partial charge in [-0.3, -0.25) is 4.79 Å². The Morgan fingerprint density at radius 3 is 2.66 bits per heavy atom. The molecule has 166 valence electrons. The van der Waals surface area contributed by atoms with Crippen molar-refractivity contribution in [3.05, 3.63) is 62.7 Å². The van der Waals surface area contributed by atoms with E-state index in [1.807, 2.05) is 18.2 Å². The second-order valence-electron chi connectivity index (χ2n) is 6.74. The average Bonchev–Trinajstić information content (AvgIpc) is 2.74. The van der Waals surface area contributed by atoms with Gasteiger partial charge in [-0.05, 0) is 55.8 Å². The molecule has 0 aliphatic carbocycles. The third kappa shape index (κ3) is 5.33. The van der Waals surface area contributed by atoms with Gasteiger partial charge < -0.3 is 25.4 Å². The lowest BCUT2D eigenvalue weighted by Crippen LogP contribution is -2.46. The number of nitrogens with zero attached hydrogens (tertiary/aromatic N) is 1. The van der Waals surface area contributed by atoms with Crippen molar-refractivity contribution < 1.29 is 19.1 Å². The molecule has 8 nitrogen and oxygen atoms in total. The Kier molecular flexibility index (Phi) is 7.62. The number of nitriles is 1. The van der Waals surface area contributed by atoms with Gasteiger partial charge in [-0.1, -0.05) is 27.5 Å². The van der Waals surface area contributed by atoms with Crippen LogP contribution >= 0.6 is 27.5 Å². The van der Waals surface area contributed by atoms with Crippen molar-refractivity contribution >= 4 is 45.2 Å². The number of urea groups is 1. The Morgan fingerprint density at radius 2 is 2.00 bits per heavy atom. The molecule has 0 aromatic heterocycles. The van der Waals surface area contributed by atoms with Crippen molar-refractivity contribution in [1.82, 2.24) is 10.6 Å². The second kappa shape index (κ2) is 10.4. The smallest absolute Gasteiger partial charge is 0.319 e. The summed E-state index contributed by atoms with van der Waals surface area (Å²) < 4.78 is 11.9. The molecule has 0 fully saturated rings. The van der Waals surface area contributed by atoms with Crippen LogP contribution in [0.5, 0.6) is 11.5 Å². The number of rotatable bonds is 7. The molecule has 0 saturated heterocycles. The van der Waals surface area contributed by atoms with Crippen LogP contribution in [0.25, 0.3) is 0 Å². The number of halogens is 2. The summed E-state index contributed by atoms with van der Waals surface area (Å²) in [4.78, 5) is 25.4. The van der Waals surface area contributed by atoms with Gasteiger partial charge in [0.1, 0.15) is 6.07 Å². The minimum atomic E-state index is -0.791. The summed E-state index contributed by atoms with van der Waals surface area (Å²) in [7, 11) is 0. The molecule has 0 unspecified atom stereocenters. The predicted octanol–water partition coefficient (Wildman–Crippen LogP) is 4.67. The average molecular weight is 520 g/mol. The van der Waals surface area contributed by atoms with Gasteiger partial charge in [0.05, 0.1) is 23.2 Å². The number of carbonyl (C=O) groups excluding carboxylic acids is 2. The number of hydrogen-bond acceptors (Lipinski definition) is 5. The monoisotopic (exact) mass is 518 g/mol. The quantitative estimate of drug-likeness (QED) is 0.492. The maximum atomic E-state index is 13.2. The first-order valence-corrected chi connectivity index (χ1v) is 10.8. The molecule has 0 spiro atoms. The van der Waals surface area contributed by atoms with Gasteiger partial charge in [-0.15, -0.1) is 0 Å². The summed E-state index contributed by atoms with van der Waals surface area (Å²) in [5.74, 6) is 0.144. The number of amides is 3. The number of hydrogen-bond donors (Lipinski definition) is 3. The molecule has 32 heavy (non-hydrogen) atoms. The van der Waals surface area contributed by atoms with E-state index in [1.54, 1.807) is 38.1 Å². The Bertz CT molecular complexity index is 1110. The standard InChI is InChI=1S/C22H20BrClN4O4/c1-3-31-17-11-13(10-16(24)20(17)32-9-8-25)19-18(12(2)26-22(30)28-19)21(29)27-15-6-4-14(23)5-7-15/h4-7,10-11,19H,3,9H2,1-2H3,(H,27,29)(H2,26,28,30)/t19-/m1/s1. The topological polar surface area (TPSA) is 112 Å². The van der Waals surface area contributed by atoms with Crippen LogP contribution < -0.4 is 25.4 Å². The van der Waals surface area contributed by atoms with E-state index in [-0.39, 0.29) is 23.3 Å². The SMILES string of the molecule is CCOc1cc([C@H]2NC(=O)NC(C)=C2C(=O)Nc2ccc(Br)cc2)cc(Cl)c1OCC#N. The van der Waals surface area contributed by atoms with Gasteiger partial charge in [0.15, 0.2) is 18.1 Å². The summed E-state index contributed by atoms with van der Waals surface area (Å²) in [6.07, 6.45) is 0. The zero-order chi connectivity index (χ0) is 23.3. The maximum Gasteiger partial charge on any atom is 0.319 e. The van der Waals surface area contributed by atoms with Crippen LogP contribution in [0, 0.1) is 11.3 Å². The normalized spacial score (nSPS) is 15.3. The third-order valence-corrected chi connectivity index (χ3v) is 5.37. The first-order chi connectivity index (χ1) is 15.3. The van der Waals surface area contributed by atoms with Gasteiger partial charge in [-0.2, -0.15) is 5.26 Å². The molecule has 2 aromatic carbocycles. The number of anilines is 1. The van der Waals surface area contributed by atoms with Gasteiger partial charge in [0, 0.05) is 15.9 Å². The molecule has 1 atom stereocenters. The molecule has 3 N–H and O–H groups in total. The third-order valence-electron chi connectivity index (χ3n) is 4.56. The van der Waals surface area contributed by atoms with Crippen LogP contribution in [0.3, 0.4) is 0 Å². The lowest BCUT2D eigenvalue weighted by atomic mass is 9.94. The molecule has 10 heteroatoms. The molecule has 0 saturated carbocycles. The van der Waals surface area contributed by atoms with Crippen molar-refractivity contribution in [3.63, 3.8) is 0 Å². The van der Waals surface area contributed by atoms with Crippen LogP contribution in [0.2, 0.25) is 5.02 Å². The first kappa shape index (κ1) is 23.4. The van der Waals surface area contributed by atoms with Gasteiger partial charge in [0.25, 0.3) is 5.91 Å². The number of carbonyl (C=O) groups is 2. The number of ether oxygens (including phenoxy) is 2. The summed E-state index contributed by atoms with van der Waals surface area (Å²) in [6.45, 7) is 3.57. The van der Waals surface area contributed by atoms with Gasteiger partial charge >= 0.3 is 6.03 Å². The summed E-state index contributed by atoms with van der Waals surface area (Å²) >= 11 is 9.77. The van der Waals surface area contributed by atoms with Crippen molar-refractivity contribution in [2.45, 2.75) is 19.9 Å². The lowest BCUT2D eigenvalue weighted by Gasteiger charge is -2.29. The fraction of sp³-hybridized carbons (Fsp3) is 0.227. The van der Waals surface area contributed by atoms with Crippen LogP contribution in [-0.2, 0) is 4.79 Å². The number of nitrogens with one attached hydrogen (secondary N) is 3. The lowest BCUT2D eigenvalue weighted by molar-refractivity contribution is -0.113. The first-order valence-electron chi connectivity index (χ1n) is 9.65. The second-order valence-corrected chi connectivity index (χ2v) is 8.06. The highest BCUT2D eigenvalue weighted by Crippen LogP contribution is 2.40. The summed E-state index contributed by atoms with van der Waals surface area (Å²) in [5, 5.41) is 17.3. The van der Waals surface area contributed by atoms with E-state index in [0.29, 0.717) is 34.9 Å². The molecule has 2 aromatic rings. The highest BCUT2D eigenvalue weighted by molar-refractivity contribution is 9.10. The van der Waals surface area contributed by atoms with E-state index in [4.69, 9.17) is 26.3 Å². The van der Waals surface area contributed by atoms with Crippen LogP contribution in [0.4, 0.5) is 10.5 Å². The predicted molar refractivity (Wildman–Crippen MR) is 124 cm³/mol. The Morgan fingerprint density at radius 1 is 1.28 bits per heavy atom. The highest BCUT2D eigenvalue weighted by Gasteiger charge is 2.32. The molecule has 3 rings (SSSR count). The van der Waals surface area contributed by atoms with Crippen molar-refractivity contribution in [2.24, 2.45) is 0 Å². The largest absolute Gasteiger partial charge is 0.490 e. The zero-order valence-corrected chi connectivity index (χ0v) is 19.6. The molecule has 0 radical (unpaired) electrons. The van der Waals surface area contributed by atoms with Gasteiger partial charge in [-0.25, -0.2) is 4.79 Å². The van der Waals surface area contributed by atoms with E-state index in [2.05, 4.69) is 31.9 Å². The Hall–Kier alpha value is -3.22. The van der Waals surface area contributed by atoms with E-state index >= 15 is 0 Å². The maximum absolute atomic E-state index is 13.2. The zero-order valence-electron chi connectivity index (χ0n) is 17.3. The summed E-state index contributed by atoms with van der Waals surface area (Å²) in [5.41, 5.74) is 1.85. The fourth-order valence-electron chi connectivity index (χ4n) is 3.24. The number of benzene rings is 2. The van der Waals surface area contributed by atoms with Crippen molar-refractivity contribution in [1.29, 1.82) is 5.26 Å². The van der Waals surface area contributed by atoms with Crippen LogP contribution in [0.1, 0.15) is 25.5 Å². The van der Waals surface area contributed by atoms with Crippen molar-refractivity contribution in [3.8, 4) is 17.6 Å². The minimum Gasteiger partial charge on any atom is -0.490 e. The molecule has 3 amide bonds. The Balaban J connectivity index is 2.00. The molecule has 1 heterocycles. The number of allylic oxidation sites excluding steroid dienone is 1. The van der Waals surface area contributed by atoms with Gasteiger partial charge in [0.2, 0.25) is 0 Å². The van der Waals surface area contributed by atoms with Crippen LogP contribution in [0.15, 0.2) is 52.1 Å². The summed E-state index contributed by atoms with van der Waals surface area (Å²) in [6, 6.07) is 11.0. The van der Waals surface area contributed by atoms with E-state index in [9.17, 15) is 9.59 Å². The Labute approximate surface area is 198 Å². The highest BCUT2D eigenvalue weighted by atomic mass is 79.9. The van der Waals surface area contributed by atoms with E-state index in [1.165, 1.54) is 0 Å². The molecular weight excluding hydrogens is 500 g/mol. The van der Waals surface area contributed by atoms with E-state index in [0.717, 1.165) is 4.47 Å². The van der Waals surface area contributed by atoms with Crippen molar-refractivity contribution in [2.75, 3.05) is 18.5 Å². The fourth-order valence-corrected chi connectivity index (χ4v) is 3.78. The van der Waals surface area contributed by atoms with E-state index < -0.39 is 12.1 Å². The molecular formula is C22H20BrClN4O4. The molecule has 0 bridgehead atoms. The molecule has 1 aliphatic rings.